The summed E-state index contributed by atoms with van der Waals surface area (Å²) in [4.78, 5) is 3.23. The number of hydrogen-bond acceptors (Lipinski definition) is 7. The Morgan fingerprint density at radius 1 is 1.14 bits per heavy atom. The highest BCUT2D eigenvalue weighted by molar-refractivity contribution is 7.93. The molecule has 2 aromatic carbocycles. The summed E-state index contributed by atoms with van der Waals surface area (Å²) in [5.74, 6) is -1.12. The normalized spacial score (nSPS) is 11.8. The number of rotatable bonds is 6. The first-order valence-corrected chi connectivity index (χ1v) is 11.9. The van der Waals surface area contributed by atoms with Crippen LogP contribution in [0.1, 0.15) is 11.3 Å². The quantitative estimate of drug-likeness (QED) is 0.332. The van der Waals surface area contributed by atoms with Gasteiger partial charge in [0.1, 0.15) is 23.4 Å². The van der Waals surface area contributed by atoms with E-state index in [1.54, 1.807) is 6.07 Å². The van der Waals surface area contributed by atoms with Crippen LogP contribution in [-0.4, -0.2) is 23.2 Å². The largest absolute Gasteiger partial charge is 0.456 e. The predicted molar refractivity (Wildman–Crippen MR) is 118 cm³/mol. The Bertz CT molecular complexity index is 1610. The average molecular weight is 541 g/mol. The van der Waals surface area contributed by atoms with Crippen LogP contribution in [0.15, 0.2) is 53.6 Å². The number of nitrogens with one attached hydrogen (secondary N) is 1. The Morgan fingerprint density at radius 2 is 1.89 bits per heavy atom. The number of nitriles is 1. The van der Waals surface area contributed by atoms with Gasteiger partial charge in [-0.2, -0.15) is 27.9 Å². The molecule has 0 bridgehead atoms. The third kappa shape index (κ3) is 5.14. The highest BCUT2D eigenvalue weighted by Gasteiger charge is 2.35. The highest BCUT2D eigenvalue weighted by atomic mass is 32.2. The lowest BCUT2D eigenvalue weighted by Gasteiger charge is -2.11. The Morgan fingerprint density at radius 3 is 2.47 bits per heavy atom. The lowest BCUT2D eigenvalue weighted by atomic mass is 10.1. The van der Waals surface area contributed by atoms with Gasteiger partial charge in [-0.15, -0.1) is 0 Å². The Kier molecular flexibility index (Phi) is 6.41. The topological polar surface area (TPSA) is 110 Å². The van der Waals surface area contributed by atoms with Crippen LogP contribution in [0, 0.1) is 22.3 Å². The van der Waals surface area contributed by atoms with Crippen molar-refractivity contribution >= 4 is 26.5 Å². The zero-order valence-corrected chi connectivity index (χ0v) is 19.5. The Labute approximate surface area is 204 Å². The third-order valence-corrected chi connectivity index (χ3v) is 6.86. The van der Waals surface area contributed by atoms with Crippen LogP contribution in [-0.2, 0) is 23.2 Å². The van der Waals surface area contributed by atoms with E-state index in [0.717, 1.165) is 35.1 Å². The standard InChI is InChI=1S/C21H12F5N5O3S2/c1-31-16(8-18(29-31)21(24,25)26)14-4-2-12(7-15(14)22)34-17-5-3-13(6-11(17)9-27)36(32,33)30-20-28-10-19(23)35-20/h2-8,10H,1H3,(H,28,30). The van der Waals surface area contributed by atoms with Crippen LogP contribution in [0.5, 0.6) is 11.5 Å². The van der Waals surface area contributed by atoms with Gasteiger partial charge in [-0.25, -0.2) is 17.8 Å². The molecule has 0 amide bonds. The molecular formula is C21H12F5N5O3S2. The van der Waals surface area contributed by atoms with Crippen LogP contribution in [0.2, 0.25) is 0 Å². The second kappa shape index (κ2) is 9.21. The molecule has 2 aromatic heterocycles. The lowest BCUT2D eigenvalue weighted by Crippen LogP contribution is -2.13. The molecule has 2 heterocycles. The van der Waals surface area contributed by atoms with Crippen LogP contribution in [0.25, 0.3) is 11.3 Å². The number of aromatic nitrogens is 3. The van der Waals surface area contributed by atoms with E-state index in [1.165, 1.54) is 19.2 Å². The summed E-state index contributed by atoms with van der Waals surface area (Å²) in [7, 11) is -2.96. The number of benzene rings is 2. The molecular weight excluding hydrogens is 529 g/mol. The number of anilines is 1. The molecule has 186 valence electrons. The van der Waals surface area contributed by atoms with Crippen molar-refractivity contribution in [2.45, 2.75) is 11.1 Å². The molecule has 15 heteroatoms. The third-order valence-electron chi connectivity index (χ3n) is 4.70. The second-order valence-electron chi connectivity index (χ2n) is 7.12. The summed E-state index contributed by atoms with van der Waals surface area (Å²) in [6.45, 7) is 0. The lowest BCUT2D eigenvalue weighted by molar-refractivity contribution is -0.141. The summed E-state index contributed by atoms with van der Waals surface area (Å²) in [5, 5.41) is 11.9. The number of hydrogen-bond donors (Lipinski definition) is 1. The molecule has 0 radical (unpaired) electrons. The van der Waals surface area contributed by atoms with E-state index in [4.69, 9.17) is 4.74 Å². The number of thiazole rings is 1. The SMILES string of the molecule is Cn1nc(C(F)(F)F)cc1-c1ccc(Oc2ccc(S(=O)(=O)Nc3ncc(F)s3)cc2C#N)cc1F. The molecule has 0 atom stereocenters. The summed E-state index contributed by atoms with van der Waals surface area (Å²) in [6.07, 6.45) is -3.86. The fourth-order valence-corrected chi connectivity index (χ4v) is 4.89. The molecule has 0 unspecified atom stereocenters. The monoisotopic (exact) mass is 541 g/mol. The van der Waals surface area contributed by atoms with Crippen LogP contribution < -0.4 is 9.46 Å². The Hall–Kier alpha value is -4.03. The van der Waals surface area contributed by atoms with E-state index in [0.29, 0.717) is 17.4 Å². The minimum absolute atomic E-state index is 0.0991. The number of aryl methyl sites for hydroxylation is 1. The highest BCUT2D eigenvalue weighted by Crippen LogP contribution is 2.34. The van der Waals surface area contributed by atoms with Crippen molar-refractivity contribution < 1.29 is 35.1 Å². The van der Waals surface area contributed by atoms with Crippen molar-refractivity contribution in [1.29, 1.82) is 5.26 Å². The van der Waals surface area contributed by atoms with Gasteiger partial charge >= 0.3 is 6.18 Å². The number of nitrogens with zero attached hydrogens (tertiary/aromatic N) is 4. The van der Waals surface area contributed by atoms with Gasteiger partial charge in [0.25, 0.3) is 10.0 Å². The van der Waals surface area contributed by atoms with Crippen molar-refractivity contribution in [1.82, 2.24) is 14.8 Å². The van der Waals surface area contributed by atoms with Crippen LogP contribution >= 0.6 is 11.3 Å². The van der Waals surface area contributed by atoms with Gasteiger partial charge in [0, 0.05) is 18.7 Å². The van der Waals surface area contributed by atoms with Crippen molar-refractivity contribution in [3.05, 3.63) is 70.9 Å². The van der Waals surface area contributed by atoms with Gasteiger partial charge in [-0.3, -0.25) is 9.40 Å². The maximum atomic E-state index is 14.7. The fourth-order valence-electron chi connectivity index (χ4n) is 3.08. The molecule has 8 nitrogen and oxygen atoms in total. The molecule has 0 saturated heterocycles. The fraction of sp³-hybridized carbons (Fsp3) is 0.0952. The van der Waals surface area contributed by atoms with Crippen molar-refractivity contribution in [2.24, 2.45) is 7.05 Å². The van der Waals surface area contributed by atoms with E-state index >= 15 is 0 Å². The van der Waals surface area contributed by atoms with E-state index in [-0.39, 0.29) is 38.3 Å². The first kappa shape index (κ1) is 25.1. The van der Waals surface area contributed by atoms with Crippen LogP contribution in [0.4, 0.5) is 27.1 Å². The van der Waals surface area contributed by atoms with Gasteiger partial charge in [0.15, 0.2) is 16.0 Å². The number of sulfonamides is 1. The van der Waals surface area contributed by atoms with Crippen molar-refractivity contribution in [3.63, 3.8) is 0 Å². The molecule has 4 aromatic rings. The molecule has 0 aliphatic carbocycles. The van der Waals surface area contributed by atoms with E-state index < -0.39 is 32.8 Å². The minimum atomic E-state index is -4.70. The van der Waals surface area contributed by atoms with E-state index in [2.05, 4.69) is 14.8 Å². The number of alkyl halides is 3. The summed E-state index contributed by atoms with van der Waals surface area (Å²) >= 11 is 0.474. The molecule has 0 aliphatic heterocycles. The van der Waals surface area contributed by atoms with Crippen LogP contribution in [0.3, 0.4) is 0 Å². The molecule has 1 N–H and O–H groups in total. The predicted octanol–water partition coefficient (Wildman–Crippen LogP) is 5.31. The maximum absolute atomic E-state index is 14.7. The molecule has 4 rings (SSSR count). The van der Waals surface area contributed by atoms with Crippen molar-refractivity contribution in [3.8, 4) is 28.8 Å². The van der Waals surface area contributed by atoms with E-state index in [9.17, 15) is 35.6 Å². The molecule has 0 saturated carbocycles. The van der Waals surface area contributed by atoms with Crippen molar-refractivity contribution in [2.75, 3.05) is 4.72 Å². The summed E-state index contributed by atoms with van der Waals surface area (Å²) < 4.78 is 100. The molecule has 0 fully saturated rings. The first-order valence-electron chi connectivity index (χ1n) is 9.64. The first-order chi connectivity index (χ1) is 16.9. The second-order valence-corrected chi connectivity index (χ2v) is 9.79. The van der Waals surface area contributed by atoms with Gasteiger partial charge in [-0.1, -0.05) is 11.3 Å². The number of ether oxygens (including phenoxy) is 1. The summed E-state index contributed by atoms with van der Waals surface area (Å²) in [5.41, 5.74) is -1.68. The Balaban J connectivity index is 1.59. The van der Waals surface area contributed by atoms with Gasteiger partial charge in [0.05, 0.1) is 22.3 Å². The molecule has 36 heavy (non-hydrogen) atoms. The maximum Gasteiger partial charge on any atom is 0.435 e. The molecule has 0 aliphatic rings. The number of halogens is 5. The van der Waals surface area contributed by atoms with Gasteiger partial charge in [-0.05, 0) is 36.4 Å². The zero-order chi connectivity index (χ0) is 26.3. The average Bonchev–Trinajstić information content (AvgIpc) is 3.38. The van der Waals surface area contributed by atoms with Gasteiger partial charge in [0.2, 0.25) is 0 Å². The minimum Gasteiger partial charge on any atom is -0.456 e. The van der Waals surface area contributed by atoms with E-state index in [1.807, 2.05) is 0 Å². The summed E-state index contributed by atoms with van der Waals surface area (Å²) in [6, 6.07) is 9.11. The van der Waals surface area contributed by atoms with Gasteiger partial charge < -0.3 is 4.74 Å². The smallest absolute Gasteiger partial charge is 0.435 e. The molecule has 0 spiro atoms. The zero-order valence-electron chi connectivity index (χ0n) is 17.8.